The number of methoxy groups -OCH3 is 1. The first-order valence-corrected chi connectivity index (χ1v) is 6.60. The molecule has 0 aromatic carbocycles. The zero-order valence-electron chi connectivity index (χ0n) is 11.9. The van der Waals surface area contributed by atoms with E-state index in [1.165, 1.54) is 0 Å². The zero-order valence-corrected chi connectivity index (χ0v) is 11.9. The van der Waals surface area contributed by atoms with Gasteiger partial charge >= 0.3 is 0 Å². The molecule has 0 aliphatic heterocycles. The normalized spacial score (nSPS) is 14.5. The van der Waals surface area contributed by atoms with E-state index in [-0.39, 0.29) is 0 Å². The lowest BCUT2D eigenvalue weighted by molar-refractivity contribution is 0.0361. The van der Waals surface area contributed by atoms with E-state index in [1.54, 1.807) is 13.3 Å². The van der Waals surface area contributed by atoms with Crippen molar-refractivity contribution in [3.63, 3.8) is 0 Å². The molecule has 0 aliphatic rings. The monoisotopic (exact) mass is 255 g/mol. The second-order valence-electron chi connectivity index (χ2n) is 4.66. The average Bonchev–Trinajstić information content (AvgIpc) is 2.73. The molecule has 1 atom stereocenters. The van der Waals surface area contributed by atoms with Gasteiger partial charge in [-0.25, -0.2) is 0 Å². The molecular weight excluding hydrogens is 230 g/mol. The Morgan fingerprint density at radius 2 is 2.22 bits per heavy atom. The van der Waals surface area contributed by atoms with Gasteiger partial charge in [0.05, 0.1) is 13.3 Å². The van der Waals surface area contributed by atoms with Gasteiger partial charge in [-0.05, 0) is 32.9 Å². The quantitative estimate of drug-likeness (QED) is 0.691. The van der Waals surface area contributed by atoms with Crippen LogP contribution in [0.1, 0.15) is 39.3 Å². The number of aryl methyl sites for hydroxylation is 1. The van der Waals surface area contributed by atoms with E-state index in [1.807, 2.05) is 11.6 Å². The van der Waals surface area contributed by atoms with Crippen LogP contribution in [0.15, 0.2) is 6.20 Å². The molecule has 0 aliphatic carbocycles. The van der Waals surface area contributed by atoms with E-state index in [2.05, 4.69) is 24.3 Å². The smallest absolute Gasteiger partial charge is 0.162 e. The van der Waals surface area contributed by atoms with Gasteiger partial charge in [0, 0.05) is 6.54 Å². The molecule has 0 saturated carbocycles. The predicted octanol–water partition coefficient (Wildman–Crippen LogP) is 1.51. The number of nitrogens with zero attached hydrogens (tertiary/aromatic N) is 2. The van der Waals surface area contributed by atoms with Crippen LogP contribution in [0.25, 0.3) is 0 Å². The summed E-state index contributed by atoms with van der Waals surface area (Å²) in [5.74, 6) is 0.657. The molecular formula is C13H25N3O2. The van der Waals surface area contributed by atoms with Crippen LogP contribution in [0.5, 0.6) is 5.75 Å². The van der Waals surface area contributed by atoms with Crippen molar-refractivity contribution >= 4 is 0 Å². The molecule has 0 bridgehead atoms. The first-order chi connectivity index (χ1) is 8.56. The Morgan fingerprint density at radius 1 is 1.50 bits per heavy atom. The molecule has 0 amide bonds. The van der Waals surface area contributed by atoms with Crippen molar-refractivity contribution in [1.82, 2.24) is 15.1 Å². The van der Waals surface area contributed by atoms with Gasteiger partial charge in [-0.3, -0.25) is 4.68 Å². The van der Waals surface area contributed by atoms with Gasteiger partial charge in [0.1, 0.15) is 11.3 Å². The third kappa shape index (κ3) is 3.46. The predicted molar refractivity (Wildman–Crippen MR) is 71.8 cm³/mol. The molecule has 2 N–H and O–H groups in total. The number of hydrogen-bond donors (Lipinski definition) is 2. The third-order valence-electron chi connectivity index (χ3n) is 3.01. The third-order valence-corrected chi connectivity index (χ3v) is 3.01. The lowest BCUT2D eigenvalue weighted by Crippen LogP contribution is -2.31. The van der Waals surface area contributed by atoms with E-state index < -0.39 is 5.60 Å². The van der Waals surface area contributed by atoms with E-state index in [4.69, 9.17) is 4.74 Å². The minimum atomic E-state index is -0.931. The maximum Gasteiger partial charge on any atom is 0.162 e. The molecule has 0 fully saturated rings. The van der Waals surface area contributed by atoms with Crippen LogP contribution in [0.3, 0.4) is 0 Å². The largest absolute Gasteiger partial charge is 0.493 e. The maximum absolute atomic E-state index is 10.6. The lowest BCUT2D eigenvalue weighted by atomic mass is 9.97. The van der Waals surface area contributed by atoms with Crippen LogP contribution in [0.4, 0.5) is 0 Å². The molecule has 5 heteroatoms. The van der Waals surface area contributed by atoms with Crippen molar-refractivity contribution < 1.29 is 9.84 Å². The molecule has 1 heterocycles. The minimum Gasteiger partial charge on any atom is -0.493 e. The molecule has 5 nitrogen and oxygen atoms in total. The molecule has 1 aromatic rings. The average molecular weight is 255 g/mol. The summed E-state index contributed by atoms with van der Waals surface area (Å²) in [7, 11) is 1.61. The Morgan fingerprint density at radius 3 is 2.78 bits per heavy atom. The highest BCUT2D eigenvalue weighted by Crippen LogP contribution is 2.32. The molecule has 1 rings (SSSR count). The van der Waals surface area contributed by atoms with Crippen LogP contribution in [0, 0.1) is 0 Å². The van der Waals surface area contributed by atoms with Crippen LogP contribution >= 0.6 is 0 Å². The summed E-state index contributed by atoms with van der Waals surface area (Å²) < 4.78 is 7.14. The Hall–Kier alpha value is -1.07. The van der Waals surface area contributed by atoms with E-state index in [0.29, 0.717) is 12.2 Å². The summed E-state index contributed by atoms with van der Waals surface area (Å²) in [4.78, 5) is 0. The number of aliphatic hydroxyl groups is 1. The van der Waals surface area contributed by atoms with Gasteiger partial charge in [0.25, 0.3) is 0 Å². The molecule has 0 saturated heterocycles. The second kappa shape index (κ2) is 6.75. The van der Waals surface area contributed by atoms with Gasteiger partial charge in [-0.15, -0.1) is 0 Å². The summed E-state index contributed by atoms with van der Waals surface area (Å²) in [5, 5.41) is 18.1. The van der Waals surface area contributed by atoms with Gasteiger partial charge < -0.3 is 15.2 Å². The molecule has 18 heavy (non-hydrogen) atoms. The number of ether oxygens (including phenoxy) is 1. The fourth-order valence-corrected chi connectivity index (χ4v) is 2.07. The highest BCUT2D eigenvalue weighted by molar-refractivity contribution is 5.30. The first kappa shape index (κ1) is 15.0. The van der Waals surface area contributed by atoms with Crippen molar-refractivity contribution in [2.45, 2.75) is 45.8 Å². The van der Waals surface area contributed by atoms with Crippen LogP contribution in [-0.4, -0.2) is 35.1 Å². The molecule has 1 unspecified atom stereocenters. The fourth-order valence-electron chi connectivity index (χ4n) is 2.07. The maximum atomic E-state index is 10.6. The van der Waals surface area contributed by atoms with Gasteiger partial charge in [0.2, 0.25) is 0 Å². The van der Waals surface area contributed by atoms with Gasteiger partial charge in [-0.2, -0.15) is 5.10 Å². The van der Waals surface area contributed by atoms with Crippen LogP contribution < -0.4 is 10.1 Å². The molecule has 0 radical (unpaired) electrons. The summed E-state index contributed by atoms with van der Waals surface area (Å²) >= 11 is 0. The van der Waals surface area contributed by atoms with Gasteiger partial charge in [0.15, 0.2) is 5.75 Å². The lowest BCUT2D eigenvalue weighted by Gasteiger charge is -2.25. The number of aromatic nitrogens is 2. The summed E-state index contributed by atoms with van der Waals surface area (Å²) in [6, 6.07) is 0. The molecule has 0 spiro atoms. The van der Waals surface area contributed by atoms with Crippen LogP contribution in [-0.2, 0) is 12.1 Å². The van der Waals surface area contributed by atoms with Crippen molar-refractivity contribution in [2.24, 2.45) is 0 Å². The summed E-state index contributed by atoms with van der Waals surface area (Å²) in [5.41, 5.74) is -0.163. The number of rotatable bonds is 8. The number of hydrogen-bond acceptors (Lipinski definition) is 4. The highest BCUT2D eigenvalue weighted by atomic mass is 16.5. The van der Waals surface area contributed by atoms with Crippen molar-refractivity contribution in [2.75, 3.05) is 20.2 Å². The zero-order chi connectivity index (χ0) is 13.6. The summed E-state index contributed by atoms with van der Waals surface area (Å²) in [6.45, 7) is 8.42. The topological polar surface area (TPSA) is 59.3 Å². The van der Waals surface area contributed by atoms with Crippen molar-refractivity contribution in [3.05, 3.63) is 11.9 Å². The Bertz CT molecular complexity index is 361. The van der Waals surface area contributed by atoms with E-state index in [0.717, 1.165) is 31.7 Å². The summed E-state index contributed by atoms with van der Waals surface area (Å²) in [6.07, 6.45) is 3.28. The van der Waals surface area contributed by atoms with Crippen molar-refractivity contribution in [1.29, 1.82) is 0 Å². The minimum absolute atomic E-state index is 0.632. The Balaban J connectivity index is 2.92. The van der Waals surface area contributed by atoms with Crippen molar-refractivity contribution in [3.8, 4) is 5.75 Å². The van der Waals surface area contributed by atoms with E-state index in [9.17, 15) is 5.11 Å². The molecule has 104 valence electrons. The standard InChI is InChI=1S/C13H25N3O2/c1-5-9-16-12(11(18-4)10-15-16)13(3,17)7-8-14-6-2/h10,14,17H,5-9H2,1-4H3. The Labute approximate surface area is 109 Å². The first-order valence-electron chi connectivity index (χ1n) is 6.60. The second-order valence-corrected chi connectivity index (χ2v) is 4.66. The molecule has 1 aromatic heterocycles. The Kier molecular flexibility index (Phi) is 5.62. The highest BCUT2D eigenvalue weighted by Gasteiger charge is 2.30. The SMILES string of the molecule is CCCn1ncc(OC)c1C(C)(O)CCNCC. The van der Waals surface area contributed by atoms with E-state index >= 15 is 0 Å². The van der Waals surface area contributed by atoms with Crippen LogP contribution in [0.2, 0.25) is 0 Å². The fraction of sp³-hybridized carbons (Fsp3) is 0.769. The van der Waals surface area contributed by atoms with Gasteiger partial charge in [-0.1, -0.05) is 13.8 Å². The number of nitrogens with one attached hydrogen (secondary N) is 1.